The van der Waals surface area contributed by atoms with Crippen molar-refractivity contribution in [2.24, 2.45) is 0 Å². The smallest absolute Gasteiger partial charge is 0.264 e. The van der Waals surface area contributed by atoms with Gasteiger partial charge in [0.05, 0.1) is 10.6 Å². The first-order chi connectivity index (χ1) is 22.2. The number of nitrogens with zero attached hydrogens (tertiary/aromatic N) is 2. The van der Waals surface area contributed by atoms with Gasteiger partial charge in [-0.1, -0.05) is 109 Å². The van der Waals surface area contributed by atoms with Gasteiger partial charge in [0.25, 0.3) is 10.0 Å². The summed E-state index contributed by atoms with van der Waals surface area (Å²) in [6.07, 6.45) is 5.32. The molecule has 7 nitrogen and oxygen atoms in total. The Morgan fingerprint density at radius 1 is 0.804 bits per heavy atom. The van der Waals surface area contributed by atoms with Crippen LogP contribution in [0.4, 0.5) is 5.69 Å². The third-order valence-corrected chi connectivity index (χ3v) is 10.5. The normalized spacial score (nSPS) is 14.3. The number of amides is 2. The summed E-state index contributed by atoms with van der Waals surface area (Å²) in [5, 5.41) is 3.68. The van der Waals surface area contributed by atoms with E-state index in [4.69, 9.17) is 11.6 Å². The first-order valence-corrected chi connectivity index (χ1v) is 17.6. The van der Waals surface area contributed by atoms with E-state index in [0.29, 0.717) is 10.7 Å². The molecule has 0 aromatic heterocycles. The fourth-order valence-electron chi connectivity index (χ4n) is 5.84. The standard InChI is InChI=1S/C37H40ClN3O4S/c1-28-17-19-30(20-18-28)26-40(35(25-29-11-5-2-6-12-29)37(43)39-32-13-7-3-8-14-32)36(42)27-41(33-23-21-31(38)22-24-33)46(44,45)34-15-9-4-10-16-34/h2,4-6,9-12,15-24,32,35H,3,7-8,13-14,25-27H2,1H3,(H,39,43). The van der Waals surface area contributed by atoms with Crippen LogP contribution in [0.15, 0.2) is 114 Å². The van der Waals surface area contributed by atoms with Crippen molar-refractivity contribution in [2.75, 3.05) is 10.8 Å². The third kappa shape index (κ3) is 8.56. The van der Waals surface area contributed by atoms with E-state index >= 15 is 0 Å². The van der Waals surface area contributed by atoms with Crippen molar-refractivity contribution in [1.82, 2.24) is 10.2 Å². The van der Waals surface area contributed by atoms with Gasteiger partial charge >= 0.3 is 0 Å². The zero-order valence-electron chi connectivity index (χ0n) is 26.0. The van der Waals surface area contributed by atoms with E-state index in [2.05, 4.69) is 5.32 Å². The second-order valence-electron chi connectivity index (χ2n) is 11.9. The van der Waals surface area contributed by atoms with Crippen molar-refractivity contribution in [3.63, 3.8) is 0 Å². The number of aryl methyl sites for hydroxylation is 1. The second-order valence-corrected chi connectivity index (χ2v) is 14.2. The molecule has 5 rings (SSSR count). The second kappa shape index (κ2) is 15.4. The van der Waals surface area contributed by atoms with Gasteiger partial charge in [0.15, 0.2) is 0 Å². The minimum Gasteiger partial charge on any atom is -0.352 e. The van der Waals surface area contributed by atoms with Crippen LogP contribution in [0.25, 0.3) is 0 Å². The van der Waals surface area contributed by atoms with Gasteiger partial charge in [0, 0.05) is 24.0 Å². The van der Waals surface area contributed by atoms with Crippen LogP contribution in [0.3, 0.4) is 0 Å². The molecule has 0 saturated heterocycles. The Balaban J connectivity index is 1.55. The van der Waals surface area contributed by atoms with E-state index in [1.807, 2.05) is 61.5 Å². The van der Waals surface area contributed by atoms with Gasteiger partial charge in [-0.25, -0.2) is 8.42 Å². The Hall–Kier alpha value is -4.14. The molecule has 0 spiro atoms. The molecule has 4 aromatic carbocycles. The molecule has 1 fully saturated rings. The Labute approximate surface area is 277 Å². The van der Waals surface area contributed by atoms with Crippen LogP contribution in [-0.2, 0) is 32.6 Å². The summed E-state index contributed by atoms with van der Waals surface area (Å²) in [4.78, 5) is 30.3. The molecule has 0 bridgehead atoms. The number of hydrogen-bond acceptors (Lipinski definition) is 4. The lowest BCUT2D eigenvalue weighted by Gasteiger charge is -2.35. The molecular formula is C37H40ClN3O4S. The van der Waals surface area contributed by atoms with E-state index in [0.717, 1.165) is 53.1 Å². The molecule has 1 saturated carbocycles. The summed E-state index contributed by atoms with van der Waals surface area (Å²) in [6.45, 7) is 1.61. The Morgan fingerprint density at radius 3 is 2.04 bits per heavy atom. The molecule has 1 aliphatic carbocycles. The molecule has 0 aliphatic heterocycles. The number of nitrogens with one attached hydrogen (secondary N) is 1. The summed E-state index contributed by atoms with van der Waals surface area (Å²) in [5.41, 5.74) is 3.11. The lowest BCUT2D eigenvalue weighted by Crippen LogP contribution is -2.55. The number of rotatable bonds is 12. The number of halogens is 1. The number of anilines is 1. The van der Waals surface area contributed by atoms with Gasteiger partial charge in [-0.3, -0.25) is 13.9 Å². The van der Waals surface area contributed by atoms with Crippen molar-refractivity contribution >= 4 is 39.1 Å². The van der Waals surface area contributed by atoms with Gasteiger partial charge in [-0.05, 0) is 67.3 Å². The van der Waals surface area contributed by atoms with Crippen LogP contribution >= 0.6 is 11.6 Å². The van der Waals surface area contributed by atoms with Crippen LogP contribution in [0.1, 0.15) is 48.8 Å². The highest BCUT2D eigenvalue weighted by Gasteiger charge is 2.35. The quantitative estimate of drug-likeness (QED) is 0.179. The van der Waals surface area contributed by atoms with Crippen molar-refractivity contribution in [1.29, 1.82) is 0 Å². The maximum atomic E-state index is 14.6. The van der Waals surface area contributed by atoms with Gasteiger partial charge in [-0.2, -0.15) is 0 Å². The van der Waals surface area contributed by atoms with Crippen molar-refractivity contribution in [2.45, 2.75) is 69.0 Å². The maximum Gasteiger partial charge on any atom is 0.264 e. The van der Waals surface area contributed by atoms with E-state index in [-0.39, 0.29) is 29.8 Å². The monoisotopic (exact) mass is 657 g/mol. The minimum absolute atomic E-state index is 0.0416. The fourth-order valence-corrected chi connectivity index (χ4v) is 7.41. The summed E-state index contributed by atoms with van der Waals surface area (Å²) in [7, 11) is -4.16. The molecule has 1 atom stereocenters. The highest BCUT2D eigenvalue weighted by molar-refractivity contribution is 7.92. The average molecular weight is 658 g/mol. The Kier molecular flexibility index (Phi) is 11.1. The first kappa shape index (κ1) is 33.2. The zero-order chi connectivity index (χ0) is 32.5. The van der Waals surface area contributed by atoms with E-state index in [1.165, 1.54) is 12.1 Å². The maximum absolute atomic E-state index is 14.6. The van der Waals surface area contributed by atoms with E-state index < -0.39 is 28.5 Å². The summed E-state index contributed by atoms with van der Waals surface area (Å²) in [5.74, 6) is -0.727. The summed E-state index contributed by atoms with van der Waals surface area (Å²) in [6, 6.07) is 31.0. The van der Waals surface area contributed by atoms with E-state index in [9.17, 15) is 18.0 Å². The highest BCUT2D eigenvalue weighted by Crippen LogP contribution is 2.27. The molecule has 0 radical (unpaired) electrons. The van der Waals surface area contributed by atoms with Gasteiger partial charge < -0.3 is 10.2 Å². The summed E-state index contributed by atoms with van der Waals surface area (Å²) >= 11 is 6.15. The van der Waals surface area contributed by atoms with Crippen LogP contribution in [0.2, 0.25) is 5.02 Å². The largest absolute Gasteiger partial charge is 0.352 e. The zero-order valence-corrected chi connectivity index (χ0v) is 27.6. The first-order valence-electron chi connectivity index (χ1n) is 15.7. The van der Waals surface area contributed by atoms with Crippen LogP contribution in [-0.4, -0.2) is 43.8 Å². The van der Waals surface area contributed by atoms with Crippen molar-refractivity contribution < 1.29 is 18.0 Å². The molecule has 1 unspecified atom stereocenters. The molecule has 4 aromatic rings. The molecule has 0 heterocycles. The van der Waals surface area contributed by atoms with Gasteiger partial charge in [0.2, 0.25) is 11.8 Å². The van der Waals surface area contributed by atoms with Crippen molar-refractivity contribution in [3.05, 3.63) is 131 Å². The molecule has 2 amide bonds. The lowest BCUT2D eigenvalue weighted by molar-refractivity contribution is -0.140. The minimum atomic E-state index is -4.16. The molecule has 240 valence electrons. The SMILES string of the molecule is Cc1ccc(CN(C(=O)CN(c2ccc(Cl)cc2)S(=O)(=O)c2ccccc2)C(Cc2ccccc2)C(=O)NC2CCCCC2)cc1. The molecule has 9 heteroatoms. The van der Waals surface area contributed by atoms with Crippen LogP contribution in [0, 0.1) is 6.92 Å². The molecule has 1 N–H and O–H groups in total. The topological polar surface area (TPSA) is 86.8 Å². The number of carbonyl (C=O) groups is 2. The fraction of sp³-hybridized carbons (Fsp3) is 0.297. The predicted molar refractivity (Wildman–Crippen MR) is 183 cm³/mol. The lowest BCUT2D eigenvalue weighted by atomic mass is 9.94. The predicted octanol–water partition coefficient (Wildman–Crippen LogP) is 6.93. The molecule has 1 aliphatic rings. The van der Waals surface area contributed by atoms with Crippen molar-refractivity contribution in [3.8, 4) is 0 Å². The number of hydrogen-bond donors (Lipinski definition) is 1. The van der Waals surface area contributed by atoms with Crippen LogP contribution < -0.4 is 9.62 Å². The third-order valence-electron chi connectivity index (χ3n) is 8.42. The van der Waals surface area contributed by atoms with Gasteiger partial charge in [0.1, 0.15) is 12.6 Å². The Morgan fingerprint density at radius 2 is 1.41 bits per heavy atom. The number of sulfonamides is 1. The molecular weight excluding hydrogens is 618 g/mol. The summed E-state index contributed by atoms with van der Waals surface area (Å²) < 4.78 is 29.2. The molecule has 46 heavy (non-hydrogen) atoms. The van der Waals surface area contributed by atoms with Gasteiger partial charge in [-0.15, -0.1) is 0 Å². The van der Waals surface area contributed by atoms with Crippen LogP contribution in [0.5, 0.6) is 0 Å². The van der Waals surface area contributed by atoms with E-state index in [1.54, 1.807) is 47.4 Å². The number of benzene rings is 4. The number of carbonyl (C=O) groups excluding carboxylic acids is 2. The highest BCUT2D eigenvalue weighted by atomic mass is 35.5. The Bertz CT molecular complexity index is 1690. The average Bonchev–Trinajstić information content (AvgIpc) is 3.07.